The summed E-state index contributed by atoms with van der Waals surface area (Å²) in [5.41, 5.74) is 4.19. The second-order valence-electron chi connectivity index (χ2n) is 4.22. The third-order valence-corrected chi connectivity index (χ3v) is 4.47. The maximum atomic E-state index is 6.22. The highest BCUT2D eigenvalue weighted by molar-refractivity contribution is 7.98. The first kappa shape index (κ1) is 12.3. The van der Waals surface area contributed by atoms with Crippen molar-refractivity contribution in [3.63, 3.8) is 0 Å². The molecule has 1 aromatic heterocycles. The standard InChI is InChI=1S/C13H10Cl2N2S/c1-7-4-8(14)2-3-9(7)13-16-11-6-18-5-10(11)12(15)17-13/h2-4H,5-6H2,1H3. The summed E-state index contributed by atoms with van der Waals surface area (Å²) in [6.45, 7) is 2.00. The molecule has 1 aromatic carbocycles. The van der Waals surface area contributed by atoms with E-state index in [4.69, 9.17) is 23.2 Å². The highest BCUT2D eigenvalue weighted by atomic mass is 35.5. The molecular formula is C13H10Cl2N2S. The Hall–Kier alpha value is -0.770. The number of fused-ring (bicyclic) bond motifs is 1. The largest absolute Gasteiger partial charge is 0.232 e. The monoisotopic (exact) mass is 296 g/mol. The van der Waals surface area contributed by atoms with Crippen LogP contribution in [0.1, 0.15) is 16.8 Å². The molecule has 2 aromatic rings. The first-order chi connectivity index (χ1) is 8.65. The van der Waals surface area contributed by atoms with E-state index in [1.54, 1.807) is 0 Å². The zero-order chi connectivity index (χ0) is 12.7. The lowest BCUT2D eigenvalue weighted by molar-refractivity contribution is 1.07. The lowest BCUT2D eigenvalue weighted by atomic mass is 10.1. The zero-order valence-corrected chi connectivity index (χ0v) is 12.0. The van der Waals surface area contributed by atoms with Gasteiger partial charge in [0.25, 0.3) is 0 Å². The van der Waals surface area contributed by atoms with Crippen LogP contribution < -0.4 is 0 Å². The van der Waals surface area contributed by atoms with Crippen molar-refractivity contribution < 1.29 is 0 Å². The van der Waals surface area contributed by atoms with Crippen LogP contribution in [-0.2, 0) is 11.5 Å². The van der Waals surface area contributed by atoms with Gasteiger partial charge in [0, 0.05) is 27.7 Å². The summed E-state index contributed by atoms with van der Waals surface area (Å²) in [6.07, 6.45) is 0. The van der Waals surface area contributed by atoms with Gasteiger partial charge in [-0.2, -0.15) is 11.8 Å². The van der Waals surface area contributed by atoms with E-state index in [9.17, 15) is 0 Å². The summed E-state index contributed by atoms with van der Waals surface area (Å²) < 4.78 is 0. The first-order valence-corrected chi connectivity index (χ1v) is 7.46. The van der Waals surface area contributed by atoms with Crippen molar-refractivity contribution in [1.29, 1.82) is 0 Å². The molecule has 1 aliphatic heterocycles. The predicted octanol–water partition coefficient (Wildman–Crippen LogP) is 4.51. The van der Waals surface area contributed by atoms with Crippen LogP contribution >= 0.6 is 35.0 Å². The molecule has 0 spiro atoms. The summed E-state index contributed by atoms with van der Waals surface area (Å²) in [5.74, 6) is 2.51. The highest BCUT2D eigenvalue weighted by Gasteiger charge is 2.19. The Morgan fingerprint density at radius 2 is 2.00 bits per heavy atom. The van der Waals surface area contributed by atoms with Gasteiger partial charge in [0.05, 0.1) is 5.69 Å². The van der Waals surface area contributed by atoms with E-state index in [1.165, 1.54) is 0 Å². The maximum absolute atomic E-state index is 6.22. The number of aryl methyl sites for hydroxylation is 1. The average molecular weight is 297 g/mol. The predicted molar refractivity (Wildman–Crippen MR) is 77.2 cm³/mol. The van der Waals surface area contributed by atoms with Gasteiger partial charge in [0.1, 0.15) is 5.15 Å². The van der Waals surface area contributed by atoms with Crippen LogP contribution in [0.3, 0.4) is 0 Å². The molecule has 0 amide bonds. The van der Waals surface area contributed by atoms with Crippen molar-refractivity contribution in [3.05, 3.63) is 45.2 Å². The van der Waals surface area contributed by atoms with Gasteiger partial charge in [0.2, 0.25) is 0 Å². The Morgan fingerprint density at radius 1 is 1.17 bits per heavy atom. The van der Waals surface area contributed by atoms with Crippen LogP contribution in [0.25, 0.3) is 11.4 Å². The van der Waals surface area contributed by atoms with Gasteiger partial charge in [-0.15, -0.1) is 0 Å². The highest BCUT2D eigenvalue weighted by Crippen LogP contribution is 2.34. The van der Waals surface area contributed by atoms with E-state index in [0.717, 1.165) is 38.9 Å². The number of aromatic nitrogens is 2. The molecule has 0 bridgehead atoms. The fourth-order valence-corrected chi connectivity index (χ4v) is 3.61. The third kappa shape index (κ3) is 2.11. The smallest absolute Gasteiger partial charge is 0.161 e. The molecule has 1 aliphatic rings. The fourth-order valence-electron chi connectivity index (χ4n) is 2.01. The van der Waals surface area contributed by atoms with Crippen molar-refractivity contribution >= 4 is 35.0 Å². The third-order valence-electron chi connectivity index (χ3n) is 2.96. The van der Waals surface area contributed by atoms with Gasteiger partial charge in [-0.05, 0) is 30.7 Å². The summed E-state index contributed by atoms with van der Waals surface area (Å²) >= 11 is 14.0. The van der Waals surface area contributed by atoms with Gasteiger partial charge >= 0.3 is 0 Å². The topological polar surface area (TPSA) is 25.8 Å². The van der Waals surface area contributed by atoms with E-state index in [1.807, 2.05) is 36.9 Å². The Balaban J connectivity index is 2.15. The first-order valence-electron chi connectivity index (χ1n) is 5.54. The van der Waals surface area contributed by atoms with E-state index in [-0.39, 0.29) is 0 Å². The van der Waals surface area contributed by atoms with Crippen molar-refractivity contribution in [1.82, 2.24) is 9.97 Å². The molecule has 5 heteroatoms. The summed E-state index contributed by atoms with van der Waals surface area (Å²) in [6, 6.07) is 5.71. The summed E-state index contributed by atoms with van der Waals surface area (Å²) in [5, 5.41) is 1.30. The number of hydrogen-bond acceptors (Lipinski definition) is 3. The quantitative estimate of drug-likeness (QED) is 0.724. The second kappa shape index (κ2) is 4.72. The van der Waals surface area contributed by atoms with Gasteiger partial charge in [-0.25, -0.2) is 9.97 Å². The molecule has 0 radical (unpaired) electrons. The van der Waals surface area contributed by atoms with Crippen LogP contribution in [0.5, 0.6) is 0 Å². The molecule has 0 atom stereocenters. The van der Waals surface area contributed by atoms with E-state index in [0.29, 0.717) is 11.0 Å². The van der Waals surface area contributed by atoms with Crippen LogP contribution in [0.4, 0.5) is 0 Å². The number of halogens is 2. The molecule has 0 saturated heterocycles. The van der Waals surface area contributed by atoms with E-state index in [2.05, 4.69) is 9.97 Å². The Labute approximate surface area is 120 Å². The Bertz CT molecular complexity index is 629. The molecule has 18 heavy (non-hydrogen) atoms. The molecule has 0 saturated carbocycles. The Kier molecular flexibility index (Phi) is 3.22. The minimum Gasteiger partial charge on any atom is -0.232 e. The summed E-state index contributed by atoms with van der Waals surface area (Å²) in [4.78, 5) is 9.02. The molecular weight excluding hydrogens is 287 g/mol. The minimum atomic E-state index is 0.578. The van der Waals surface area contributed by atoms with E-state index >= 15 is 0 Å². The molecule has 3 rings (SSSR count). The normalized spacial score (nSPS) is 13.7. The van der Waals surface area contributed by atoms with Crippen LogP contribution in [0.15, 0.2) is 18.2 Å². The number of thioether (sulfide) groups is 1. The van der Waals surface area contributed by atoms with E-state index < -0.39 is 0 Å². The fraction of sp³-hybridized carbons (Fsp3) is 0.231. The molecule has 2 nitrogen and oxygen atoms in total. The molecule has 0 aliphatic carbocycles. The SMILES string of the molecule is Cc1cc(Cl)ccc1-c1nc(Cl)c2c(n1)CSC2. The summed E-state index contributed by atoms with van der Waals surface area (Å²) in [7, 11) is 0. The lowest BCUT2D eigenvalue weighted by Crippen LogP contribution is -1.98. The van der Waals surface area contributed by atoms with Crippen molar-refractivity contribution in [2.24, 2.45) is 0 Å². The number of nitrogens with zero attached hydrogens (tertiary/aromatic N) is 2. The van der Waals surface area contributed by atoms with Crippen LogP contribution in [0, 0.1) is 6.92 Å². The Morgan fingerprint density at radius 3 is 2.78 bits per heavy atom. The second-order valence-corrected chi connectivity index (χ2v) is 6.00. The number of hydrogen-bond donors (Lipinski definition) is 0. The zero-order valence-electron chi connectivity index (χ0n) is 9.70. The molecule has 0 N–H and O–H groups in total. The lowest BCUT2D eigenvalue weighted by Gasteiger charge is -2.08. The maximum Gasteiger partial charge on any atom is 0.161 e. The van der Waals surface area contributed by atoms with Crippen LogP contribution in [-0.4, -0.2) is 9.97 Å². The van der Waals surface area contributed by atoms with Crippen molar-refractivity contribution in [3.8, 4) is 11.4 Å². The minimum absolute atomic E-state index is 0.578. The number of benzene rings is 1. The van der Waals surface area contributed by atoms with Crippen LogP contribution in [0.2, 0.25) is 10.2 Å². The van der Waals surface area contributed by atoms with Gasteiger partial charge in [-0.3, -0.25) is 0 Å². The van der Waals surface area contributed by atoms with Gasteiger partial charge < -0.3 is 0 Å². The molecule has 2 heterocycles. The van der Waals surface area contributed by atoms with Gasteiger partial charge in [-0.1, -0.05) is 23.2 Å². The number of rotatable bonds is 1. The van der Waals surface area contributed by atoms with Crippen molar-refractivity contribution in [2.45, 2.75) is 18.4 Å². The molecule has 92 valence electrons. The molecule has 0 unspecified atom stereocenters. The average Bonchev–Trinajstić information content (AvgIpc) is 2.77. The van der Waals surface area contributed by atoms with Crippen molar-refractivity contribution in [2.75, 3.05) is 0 Å². The van der Waals surface area contributed by atoms with Gasteiger partial charge in [0.15, 0.2) is 5.82 Å². The molecule has 0 fully saturated rings.